The number of hydrogen-bond acceptors (Lipinski definition) is 2. The van der Waals surface area contributed by atoms with E-state index in [0.717, 1.165) is 0 Å². The largest absolute Gasteiger partial charge is 0.542 e. The third-order valence-corrected chi connectivity index (χ3v) is 7.57. The molecule has 0 saturated heterocycles. The van der Waals surface area contributed by atoms with E-state index in [1.54, 1.807) is 18.5 Å². The zero-order valence-corrected chi connectivity index (χ0v) is 14.7. The second kappa shape index (κ2) is 12.3. The molecule has 128 valence electrons. The Morgan fingerprint density at radius 2 is 1.14 bits per heavy atom. The summed E-state index contributed by atoms with van der Waals surface area (Å²) in [5.74, 6) is -3.01. The van der Waals surface area contributed by atoms with Crippen molar-refractivity contribution in [2.75, 3.05) is 25.2 Å². The predicted molar refractivity (Wildman–Crippen MR) is 83.2 cm³/mol. The summed E-state index contributed by atoms with van der Waals surface area (Å²) in [6.45, 7) is 9.59. The highest BCUT2D eigenvalue weighted by Gasteiger charge is 2.29. The van der Waals surface area contributed by atoms with Gasteiger partial charge in [0, 0.05) is 13.9 Å². The molecule has 0 N–H and O–H groups in total. The van der Waals surface area contributed by atoms with Gasteiger partial charge in [-0.25, -0.2) is 0 Å². The van der Waals surface area contributed by atoms with E-state index in [4.69, 9.17) is 9.90 Å². The van der Waals surface area contributed by atoms with Gasteiger partial charge in [-0.2, -0.15) is 13.2 Å². The van der Waals surface area contributed by atoms with Gasteiger partial charge in [-0.3, -0.25) is 0 Å². The fourth-order valence-corrected chi connectivity index (χ4v) is 5.86. The number of aliphatic carboxylic acids is 1. The van der Waals surface area contributed by atoms with Crippen molar-refractivity contribution in [3.8, 4) is 0 Å². The van der Waals surface area contributed by atoms with Gasteiger partial charge in [-0.05, 0) is 19.3 Å². The molecule has 0 aromatic carbocycles. The monoisotopic (exact) mass is 330 g/mol. The molecule has 6 heteroatoms. The Morgan fingerprint density at radius 1 is 0.905 bits per heavy atom. The molecule has 0 radical (unpaired) electrons. The van der Waals surface area contributed by atoms with Gasteiger partial charge >= 0.3 is 6.18 Å². The first-order chi connectivity index (χ1) is 9.63. The molecule has 0 heterocycles. The molecule has 0 amide bonds. The van der Waals surface area contributed by atoms with E-state index in [0.29, 0.717) is 0 Å². The number of halogens is 3. The lowest BCUT2D eigenvalue weighted by Gasteiger charge is -2.22. The van der Waals surface area contributed by atoms with Gasteiger partial charge in [0.1, 0.15) is 5.97 Å². The number of carbonyl (C=O) groups is 1. The van der Waals surface area contributed by atoms with Crippen LogP contribution in [0.5, 0.6) is 0 Å². The summed E-state index contributed by atoms with van der Waals surface area (Å²) in [5.41, 5.74) is 0. The average Bonchev–Trinajstić information content (AvgIpc) is 2.40. The van der Waals surface area contributed by atoms with E-state index in [1.807, 2.05) is 0 Å². The highest BCUT2D eigenvalue weighted by molar-refractivity contribution is 7.75. The summed E-state index contributed by atoms with van der Waals surface area (Å²) in [5, 5.41) is 8.78. The summed E-state index contributed by atoms with van der Waals surface area (Å²) >= 11 is 0. The van der Waals surface area contributed by atoms with Gasteiger partial charge in [-0.15, -0.1) is 0 Å². The van der Waals surface area contributed by atoms with Crippen LogP contribution in [0.2, 0.25) is 0 Å². The van der Waals surface area contributed by atoms with Crippen molar-refractivity contribution in [2.24, 2.45) is 0 Å². The minimum Gasteiger partial charge on any atom is -0.542 e. The third-order valence-electron chi connectivity index (χ3n) is 3.39. The molecule has 0 spiro atoms. The first-order valence-corrected chi connectivity index (χ1v) is 10.5. The van der Waals surface area contributed by atoms with Crippen LogP contribution in [-0.4, -0.2) is 37.3 Å². The van der Waals surface area contributed by atoms with E-state index >= 15 is 0 Å². The van der Waals surface area contributed by atoms with Crippen LogP contribution in [0.3, 0.4) is 0 Å². The maximum absolute atomic E-state index is 10.5. The molecule has 2 nitrogen and oxygen atoms in total. The first kappa shape index (κ1) is 23.0. The smallest absolute Gasteiger partial charge is 0.430 e. The maximum atomic E-state index is 10.5. The molecule has 0 aliphatic rings. The molecular weight excluding hydrogens is 300 g/mol. The molecule has 0 rings (SSSR count). The van der Waals surface area contributed by atoms with Crippen LogP contribution >= 0.6 is 7.26 Å². The second-order valence-corrected chi connectivity index (χ2v) is 10.2. The minimum absolute atomic E-state index is 0.519. The zero-order chi connectivity index (χ0) is 16.9. The molecule has 0 aromatic heterocycles. The van der Waals surface area contributed by atoms with Crippen molar-refractivity contribution in [3.05, 3.63) is 0 Å². The van der Waals surface area contributed by atoms with Crippen molar-refractivity contribution in [3.63, 3.8) is 0 Å². The second-order valence-electron chi connectivity index (χ2n) is 5.64. The Hall–Kier alpha value is -0.310. The lowest BCUT2D eigenvalue weighted by molar-refractivity contribution is -0.344. The predicted octanol–water partition coefficient (Wildman–Crippen LogP) is 4.33. The maximum Gasteiger partial charge on any atom is 0.430 e. The molecule has 0 fully saturated rings. The van der Waals surface area contributed by atoms with Gasteiger partial charge in [-0.1, -0.05) is 40.0 Å². The SMILES string of the molecule is CCCC[P+](C)(CCCC)CCCC.O=C([O-])C(F)(F)F. The van der Waals surface area contributed by atoms with Crippen LogP contribution < -0.4 is 5.11 Å². The number of alkyl halides is 3. The fraction of sp³-hybridized carbons (Fsp3) is 0.933. The lowest BCUT2D eigenvalue weighted by Crippen LogP contribution is -2.37. The van der Waals surface area contributed by atoms with Crippen molar-refractivity contribution >= 4 is 13.2 Å². The number of carboxylic acid groups (broad SMARTS) is 1. The molecule has 21 heavy (non-hydrogen) atoms. The highest BCUT2D eigenvalue weighted by atomic mass is 31.2. The number of carbonyl (C=O) groups excluding carboxylic acids is 1. The number of rotatable bonds is 9. The number of unbranched alkanes of at least 4 members (excludes halogenated alkanes) is 3. The molecular formula is C15H30F3O2P. The Balaban J connectivity index is 0. The van der Waals surface area contributed by atoms with Gasteiger partial charge in [0.15, 0.2) is 0 Å². The summed E-state index contributed by atoms with van der Waals surface area (Å²) in [6.07, 6.45) is 8.04. The van der Waals surface area contributed by atoms with Crippen LogP contribution in [0.25, 0.3) is 0 Å². The first-order valence-electron chi connectivity index (χ1n) is 7.74. The molecule has 0 aliphatic heterocycles. The Kier molecular flexibility index (Phi) is 13.4. The molecule has 0 atom stereocenters. The van der Waals surface area contributed by atoms with Crippen LogP contribution in [0.1, 0.15) is 59.3 Å². The standard InChI is InChI=1S/C13H30P.C2HF3O2/c1-5-8-11-14(4,12-9-6-2)13-10-7-3;3-2(4,5)1(6)7/h5-13H2,1-4H3;(H,6,7)/q+1;/p-1. The molecule has 0 aromatic rings. The Labute approximate surface area is 127 Å². The summed E-state index contributed by atoms with van der Waals surface area (Å²) in [4.78, 5) is 8.78. The third kappa shape index (κ3) is 14.4. The molecule has 0 bridgehead atoms. The fourth-order valence-electron chi connectivity index (χ4n) is 1.95. The zero-order valence-electron chi connectivity index (χ0n) is 13.8. The Bertz CT molecular complexity index is 246. The summed E-state index contributed by atoms with van der Waals surface area (Å²) in [7, 11) is -0.519. The van der Waals surface area contributed by atoms with Crippen molar-refractivity contribution in [1.29, 1.82) is 0 Å². The molecule has 0 unspecified atom stereocenters. The van der Waals surface area contributed by atoms with E-state index in [-0.39, 0.29) is 0 Å². The van der Waals surface area contributed by atoms with Crippen LogP contribution in [0.4, 0.5) is 13.2 Å². The molecule has 0 saturated carbocycles. The minimum atomic E-state index is -5.19. The van der Waals surface area contributed by atoms with Gasteiger partial charge in [0.05, 0.1) is 18.5 Å². The van der Waals surface area contributed by atoms with Crippen LogP contribution in [0, 0.1) is 0 Å². The highest BCUT2D eigenvalue weighted by Crippen LogP contribution is 2.57. The summed E-state index contributed by atoms with van der Waals surface area (Å²) < 4.78 is 31.5. The van der Waals surface area contributed by atoms with Crippen molar-refractivity contribution in [1.82, 2.24) is 0 Å². The molecule has 0 aliphatic carbocycles. The quantitative estimate of drug-likeness (QED) is 0.590. The average molecular weight is 330 g/mol. The Morgan fingerprint density at radius 3 is 1.29 bits per heavy atom. The summed E-state index contributed by atoms with van der Waals surface area (Å²) in [6, 6.07) is 0. The van der Waals surface area contributed by atoms with E-state index < -0.39 is 19.4 Å². The number of hydrogen-bond donors (Lipinski definition) is 0. The van der Waals surface area contributed by atoms with Crippen LogP contribution in [0.15, 0.2) is 0 Å². The van der Waals surface area contributed by atoms with E-state index in [2.05, 4.69) is 27.4 Å². The van der Waals surface area contributed by atoms with E-state index in [9.17, 15) is 13.2 Å². The van der Waals surface area contributed by atoms with Gasteiger partial charge in [0.2, 0.25) is 0 Å². The normalized spacial score (nSPS) is 11.8. The van der Waals surface area contributed by atoms with Gasteiger partial charge < -0.3 is 9.90 Å². The number of carboxylic acids is 1. The van der Waals surface area contributed by atoms with Gasteiger partial charge in [0.25, 0.3) is 0 Å². The van der Waals surface area contributed by atoms with E-state index in [1.165, 1.54) is 38.5 Å². The van der Waals surface area contributed by atoms with Crippen molar-refractivity contribution in [2.45, 2.75) is 65.5 Å². The van der Waals surface area contributed by atoms with Crippen LogP contribution in [-0.2, 0) is 4.79 Å². The lowest BCUT2D eigenvalue weighted by atomic mass is 10.4. The van der Waals surface area contributed by atoms with Crippen molar-refractivity contribution < 1.29 is 23.1 Å². The topological polar surface area (TPSA) is 40.1 Å².